The van der Waals surface area contributed by atoms with E-state index >= 15 is 0 Å². The number of amides is 1. The Kier molecular flexibility index (Phi) is 5.71. The van der Waals surface area contributed by atoms with Crippen molar-refractivity contribution in [3.63, 3.8) is 0 Å². The fourth-order valence-corrected chi connectivity index (χ4v) is 2.68. The molecule has 0 bridgehead atoms. The molecule has 6 nitrogen and oxygen atoms in total. The van der Waals surface area contributed by atoms with Gasteiger partial charge in [0.2, 0.25) is 0 Å². The van der Waals surface area contributed by atoms with Gasteiger partial charge in [-0.25, -0.2) is 4.39 Å². The highest BCUT2D eigenvalue weighted by atomic mass is 19.1. The van der Waals surface area contributed by atoms with E-state index in [1.165, 1.54) is 18.2 Å². The molecule has 0 saturated heterocycles. The van der Waals surface area contributed by atoms with Gasteiger partial charge < -0.3 is 15.5 Å². The number of rotatable bonds is 7. The average Bonchev–Trinajstić information content (AvgIpc) is 3.16. The summed E-state index contributed by atoms with van der Waals surface area (Å²) in [5.74, 6) is -0.654. The summed E-state index contributed by atoms with van der Waals surface area (Å²) in [6.45, 7) is 1.51. The fraction of sp³-hybridized carbons (Fsp3) is 0.200. The summed E-state index contributed by atoms with van der Waals surface area (Å²) in [5.41, 5.74) is 2.58. The summed E-state index contributed by atoms with van der Waals surface area (Å²) in [6.07, 6.45) is 3.66. The molecular weight excluding hydrogens is 345 g/mol. The van der Waals surface area contributed by atoms with Gasteiger partial charge >= 0.3 is 0 Å². The number of nitrogens with zero attached hydrogens (tertiary/aromatic N) is 3. The van der Waals surface area contributed by atoms with E-state index in [1.807, 2.05) is 41.2 Å². The SMILES string of the molecule is CN(C)c1cc(F)ccc1C(=O)Nc1ccc(NCCn2cccn2)cc1. The van der Waals surface area contributed by atoms with Crippen molar-refractivity contribution >= 4 is 23.0 Å². The number of halogens is 1. The molecule has 0 aliphatic heterocycles. The van der Waals surface area contributed by atoms with Gasteiger partial charge in [-0.2, -0.15) is 5.10 Å². The molecule has 0 saturated carbocycles. The fourth-order valence-electron chi connectivity index (χ4n) is 2.68. The number of nitrogens with one attached hydrogen (secondary N) is 2. The molecule has 27 heavy (non-hydrogen) atoms. The van der Waals surface area contributed by atoms with Crippen LogP contribution < -0.4 is 15.5 Å². The lowest BCUT2D eigenvalue weighted by Crippen LogP contribution is -2.18. The number of hydrogen-bond donors (Lipinski definition) is 2. The maximum atomic E-state index is 13.5. The molecule has 1 aromatic heterocycles. The molecule has 1 amide bonds. The van der Waals surface area contributed by atoms with Crippen LogP contribution in [0, 0.1) is 5.82 Å². The van der Waals surface area contributed by atoms with Crippen molar-refractivity contribution in [1.29, 1.82) is 0 Å². The number of carbonyl (C=O) groups is 1. The minimum atomic E-state index is -0.374. The van der Waals surface area contributed by atoms with Gasteiger partial charge in [0.1, 0.15) is 5.82 Å². The number of carbonyl (C=O) groups excluding carboxylic acids is 1. The summed E-state index contributed by atoms with van der Waals surface area (Å²) in [5, 5.41) is 10.3. The van der Waals surface area contributed by atoms with Gasteiger partial charge in [-0.3, -0.25) is 9.48 Å². The number of anilines is 3. The normalized spacial score (nSPS) is 10.5. The van der Waals surface area contributed by atoms with E-state index in [0.29, 0.717) is 16.9 Å². The molecule has 1 heterocycles. The summed E-state index contributed by atoms with van der Waals surface area (Å²) >= 11 is 0. The van der Waals surface area contributed by atoms with Gasteiger partial charge in [0.05, 0.1) is 17.8 Å². The molecule has 3 rings (SSSR count). The van der Waals surface area contributed by atoms with Gasteiger partial charge in [-0.1, -0.05) is 0 Å². The molecule has 0 aliphatic carbocycles. The Morgan fingerprint density at radius 2 is 1.89 bits per heavy atom. The van der Waals surface area contributed by atoms with Crippen LogP contribution in [0.5, 0.6) is 0 Å². The van der Waals surface area contributed by atoms with E-state index in [2.05, 4.69) is 15.7 Å². The minimum Gasteiger partial charge on any atom is -0.383 e. The minimum absolute atomic E-state index is 0.280. The van der Waals surface area contributed by atoms with Crippen molar-refractivity contribution < 1.29 is 9.18 Å². The summed E-state index contributed by atoms with van der Waals surface area (Å²) in [6, 6.07) is 13.5. The second-order valence-electron chi connectivity index (χ2n) is 6.28. The molecule has 0 unspecified atom stereocenters. The molecular formula is C20H22FN5O. The van der Waals surface area contributed by atoms with E-state index in [-0.39, 0.29) is 11.7 Å². The first-order chi connectivity index (χ1) is 13.0. The van der Waals surface area contributed by atoms with Crippen molar-refractivity contribution in [2.45, 2.75) is 6.54 Å². The predicted molar refractivity (Wildman–Crippen MR) is 106 cm³/mol. The maximum absolute atomic E-state index is 13.5. The van der Waals surface area contributed by atoms with E-state index in [0.717, 1.165) is 18.8 Å². The first kappa shape index (κ1) is 18.4. The number of hydrogen-bond acceptors (Lipinski definition) is 4. The highest BCUT2D eigenvalue weighted by Crippen LogP contribution is 2.22. The molecule has 2 N–H and O–H groups in total. The lowest BCUT2D eigenvalue weighted by Gasteiger charge is -2.17. The molecule has 2 aromatic carbocycles. The van der Waals surface area contributed by atoms with Crippen LogP contribution in [0.3, 0.4) is 0 Å². The molecule has 3 aromatic rings. The zero-order chi connectivity index (χ0) is 19.2. The zero-order valence-electron chi connectivity index (χ0n) is 15.3. The molecule has 7 heteroatoms. The van der Waals surface area contributed by atoms with Gasteiger partial charge in [0, 0.05) is 44.4 Å². The standard InChI is InChI=1S/C20H22FN5O/c1-25(2)19-14-15(21)4-9-18(19)20(27)24-17-7-5-16(6-8-17)22-11-13-26-12-3-10-23-26/h3-10,12,14,22H,11,13H2,1-2H3,(H,24,27). The quantitative estimate of drug-likeness (QED) is 0.671. The largest absolute Gasteiger partial charge is 0.383 e. The number of aromatic nitrogens is 2. The van der Waals surface area contributed by atoms with Gasteiger partial charge in [-0.05, 0) is 48.5 Å². The zero-order valence-corrected chi connectivity index (χ0v) is 15.3. The Bertz CT molecular complexity index is 891. The first-order valence-electron chi connectivity index (χ1n) is 8.62. The second kappa shape index (κ2) is 8.35. The third-order valence-corrected chi connectivity index (χ3v) is 4.06. The van der Waals surface area contributed by atoms with Crippen molar-refractivity contribution in [2.24, 2.45) is 0 Å². The third kappa shape index (κ3) is 4.84. The summed E-state index contributed by atoms with van der Waals surface area (Å²) < 4.78 is 15.3. The lowest BCUT2D eigenvalue weighted by atomic mass is 10.1. The number of benzene rings is 2. The van der Waals surface area contributed by atoms with Crippen LogP contribution in [-0.2, 0) is 6.54 Å². The molecule has 0 fully saturated rings. The van der Waals surface area contributed by atoms with Crippen molar-refractivity contribution in [1.82, 2.24) is 9.78 Å². The lowest BCUT2D eigenvalue weighted by molar-refractivity contribution is 0.102. The maximum Gasteiger partial charge on any atom is 0.257 e. The van der Waals surface area contributed by atoms with Gasteiger partial charge in [0.15, 0.2) is 0 Å². The monoisotopic (exact) mass is 367 g/mol. The van der Waals surface area contributed by atoms with Crippen LogP contribution in [-0.4, -0.2) is 36.3 Å². The topological polar surface area (TPSA) is 62.2 Å². The predicted octanol–water partition coefficient (Wildman–Crippen LogP) is 3.45. The molecule has 0 radical (unpaired) electrons. The second-order valence-corrected chi connectivity index (χ2v) is 6.28. The Morgan fingerprint density at radius 3 is 2.56 bits per heavy atom. The Labute approximate surface area is 157 Å². The summed E-state index contributed by atoms with van der Waals surface area (Å²) in [4.78, 5) is 14.3. The van der Waals surface area contributed by atoms with Crippen LogP contribution in [0.2, 0.25) is 0 Å². The van der Waals surface area contributed by atoms with Crippen LogP contribution >= 0.6 is 0 Å². The molecule has 0 atom stereocenters. The van der Waals surface area contributed by atoms with Crippen LogP contribution in [0.4, 0.5) is 21.5 Å². The van der Waals surface area contributed by atoms with E-state index in [4.69, 9.17) is 0 Å². The smallest absolute Gasteiger partial charge is 0.257 e. The van der Waals surface area contributed by atoms with Crippen molar-refractivity contribution in [3.05, 3.63) is 72.3 Å². The Morgan fingerprint density at radius 1 is 1.15 bits per heavy atom. The third-order valence-electron chi connectivity index (χ3n) is 4.06. The van der Waals surface area contributed by atoms with Crippen LogP contribution in [0.25, 0.3) is 0 Å². The van der Waals surface area contributed by atoms with E-state index in [1.54, 1.807) is 25.2 Å². The molecule has 0 spiro atoms. The Balaban J connectivity index is 1.60. The van der Waals surface area contributed by atoms with Gasteiger partial charge in [0.25, 0.3) is 5.91 Å². The van der Waals surface area contributed by atoms with Crippen molar-refractivity contribution in [2.75, 3.05) is 36.2 Å². The Hall–Kier alpha value is -3.35. The highest BCUT2D eigenvalue weighted by Gasteiger charge is 2.14. The van der Waals surface area contributed by atoms with Crippen LogP contribution in [0.15, 0.2) is 60.9 Å². The highest BCUT2D eigenvalue weighted by molar-refractivity contribution is 6.08. The van der Waals surface area contributed by atoms with E-state index < -0.39 is 0 Å². The average molecular weight is 367 g/mol. The van der Waals surface area contributed by atoms with Gasteiger partial charge in [-0.15, -0.1) is 0 Å². The van der Waals surface area contributed by atoms with Crippen molar-refractivity contribution in [3.8, 4) is 0 Å². The summed E-state index contributed by atoms with van der Waals surface area (Å²) in [7, 11) is 3.55. The molecule has 0 aliphatic rings. The molecule has 140 valence electrons. The van der Waals surface area contributed by atoms with E-state index in [9.17, 15) is 9.18 Å². The van der Waals surface area contributed by atoms with Crippen LogP contribution in [0.1, 0.15) is 10.4 Å². The first-order valence-corrected chi connectivity index (χ1v) is 8.62.